The van der Waals surface area contributed by atoms with Gasteiger partial charge in [0.05, 0.1) is 12.8 Å². The number of hydrogen-bond donors (Lipinski definition) is 1. The fraction of sp³-hybridized carbons (Fsp3) is 0.364. The third-order valence-electron chi connectivity index (χ3n) is 5.13. The molecular weight excluding hydrogens is 354 g/mol. The molecule has 0 aromatic heterocycles. The van der Waals surface area contributed by atoms with Crippen molar-refractivity contribution in [2.75, 3.05) is 30.0 Å². The van der Waals surface area contributed by atoms with Crippen molar-refractivity contribution in [2.45, 2.75) is 31.3 Å². The molecule has 1 fully saturated rings. The van der Waals surface area contributed by atoms with E-state index in [1.54, 1.807) is 7.11 Å². The van der Waals surface area contributed by atoms with E-state index in [1.165, 1.54) is 11.3 Å². The Balaban J connectivity index is 1.68. The summed E-state index contributed by atoms with van der Waals surface area (Å²) in [6.45, 7) is 6.53. The van der Waals surface area contributed by atoms with Crippen molar-refractivity contribution in [3.63, 3.8) is 0 Å². The Morgan fingerprint density at radius 2 is 1.78 bits per heavy atom. The molecule has 0 spiro atoms. The third-order valence-corrected chi connectivity index (χ3v) is 6.17. The molecule has 27 heavy (non-hydrogen) atoms. The van der Waals surface area contributed by atoms with Gasteiger partial charge in [-0.3, -0.25) is 0 Å². The molecule has 2 aromatic carbocycles. The first kappa shape index (κ1) is 18.3. The van der Waals surface area contributed by atoms with E-state index < -0.39 is 0 Å². The maximum absolute atomic E-state index is 5.71. The number of thioether (sulfide) groups is 1. The molecule has 2 aliphatic rings. The lowest BCUT2D eigenvalue weighted by molar-refractivity contribution is 0.405. The first-order chi connectivity index (χ1) is 13.2. The van der Waals surface area contributed by atoms with Gasteiger partial charge in [0.1, 0.15) is 11.1 Å². The van der Waals surface area contributed by atoms with E-state index in [9.17, 15) is 0 Å². The highest BCUT2D eigenvalue weighted by molar-refractivity contribution is 8.02. The van der Waals surface area contributed by atoms with Crippen LogP contribution in [0.4, 0.5) is 11.4 Å². The van der Waals surface area contributed by atoms with Crippen LogP contribution in [0.3, 0.4) is 0 Å². The lowest BCUT2D eigenvalue weighted by atomic mass is 10.1. The van der Waals surface area contributed by atoms with Crippen LogP contribution in [0.1, 0.15) is 24.8 Å². The highest BCUT2D eigenvalue weighted by Gasteiger charge is 2.27. The van der Waals surface area contributed by atoms with Crippen LogP contribution in [-0.4, -0.2) is 32.3 Å². The van der Waals surface area contributed by atoms with E-state index >= 15 is 0 Å². The molecule has 1 unspecified atom stereocenters. The number of rotatable bonds is 4. The number of piperazine rings is 1. The summed E-state index contributed by atoms with van der Waals surface area (Å²) in [4.78, 5) is 4.79. The minimum absolute atomic E-state index is 0.233. The number of methoxy groups -OCH3 is 1. The van der Waals surface area contributed by atoms with E-state index in [0.717, 1.165) is 24.5 Å². The molecule has 0 saturated carbocycles. The van der Waals surface area contributed by atoms with Crippen LogP contribution < -0.4 is 19.9 Å². The number of ether oxygens (including phenoxy) is 1. The number of nitrogens with zero attached hydrogens (tertiary/aromatic N) is 2. The zero-order valence-corrected chi connectivity index (χ0v) is 16.9. The zero-order valence-electron chi connectivity index (χ0n) is 16.1. The number of anilines is 2. The minimum Gasteiger partial charge on any atom is -0.495 e. The lowest BCUT2D eigenvalue weighted by Crippen LogP contribution is -2.54. The Kier molecular flexibility index (Phi) is 5.32. The van der Waals surface area contributed by atoms with E-state index in [-0.39, 0.29) is 5.37 Å². The van der Waals surface area contributed by atoms with Crippen molar-refractivity contribution < 1.29 is 4.74 Å². The first-order valence-electron chi connectivity index (χ1n) is 9.50. The Labute approximate surface area is 166 Å². The average molecular weight is 382 g/mol. The number of hydrogen-bond acceptors (Lipinski definition) is 5. The monoisotopic (exact) mass is 381 g/mol. The van der Waals surface area contributed by atoms with Gasteiger partial charge in [0.2, 0.25) is 0 Å². The van der Waals surface area contributed by atoms with Crippen molar-refractivity contribution >= 4 is 23.1 Å². The molecule has 4 nitrogen and oxygen atoms in total. The topological polar surface area (TPSA) is 27.7 Å². The Morgan fingerprint density at radius 1 is 1.04 bits per heavy atom. The van der Waals surface area contributed by atoms with Crippen molar-refractivity contribution in [3.8, 4) is 5.75 Å². The standard InChI is InChI=1S/C22H27N3OS/c1-16-14-24(15-17(2)23-16)19-9-10-21(26-3)20(13-19)25-11-12-27-22(25)18-7-5-4-6-8-18/h4-13,16-17,22-23H,14-15H2,1-3H3/t16-,17+,22?. The lowest BCUT2D eigenvalue weighted by Gasteiger charge is -2.38. The van der Waals surface area contributed by atoms with Crippen molar-refractivity contribution in [2.24, 2.45) is 0 Å². The smallest absolute Gasteiger partial charge is 0.142 e. The van der Waals surface area contributed by atoms with E-state index in [1.807, 2.05) is 11.8 Å². The second-order valence-electron chi connectivity index (χ2n) is 7.32. The summed E-state index contributed by atoms with van der Waals surface area (Å²) in [5.41, 5.74) is 3.66. The van der Waals surface area contributed by atoms with Gasteiger partial charge < -0.3 is 19.9 Å². The molecule has 2 aliphatic heterocycles. The summed E-state index contributed by atoms with van der Waals surface area (Å²) >= 11 is 1.83. The van der Waals surface area contributed by atoms with Gasteiger partial charge in [-0.05, 0) is 43.0 Å². The van der Waals surface area contributed by atoms with Crippen molar-refractivity contribution in [1.82, 2.24) is 5.32 Å². The van der Waals surface area contributed by atoms with Crippen LogP contribution in [0.25, 0.3) is 0 Å². The molecule has 0 bridgehead atoms. The highest BCUT2D eigenvalue weighted by Crippen LogP contribution is 2.46. The van der Waals surface area contributed by atoms with E-state index in [0.29, 0.717) is 12.1 Å². The SMILES string of the molecule is COc1ccc(N2C[C@@H](C)N[C@@H](C)C2)cc1N1C=CSC1c1ccccc1. The number of nitrogens with one attached hydrogen (secondary N) is 1. The molecule has 0 radical (unpaired) electrons. The first-order valence-corrected chi connectivity index (χ1v) is 10.4. The van der Waals surface area contributed by atoms with Gasteiger partial charge in [-0.1, -0.05) is 30.3 Å². The maximum atomic E-state index is 5.71. The Bertz CT molecular complexity index is 800. The zero-order chi connectivity index (χ0) is 18.8. The Hall–Kier alpha value is -2.11. The van der Waals surface area contributed by atoms with E-state index in [4.69, 9.17) is 4.74 Å². The van der Waals surface area contributed by atoms with Crippen LogP contribution in [0.15, 0.2) is 60.1 Å². The molecule has 142 valence electrons. The van der Waals surface area contributed by atoms with Gasteiger partial charge >= 0.3 is 0 Å². The van der Waals surface area contributed by atoms with Crippen LogP contribution in [0.5, 0.6) is 5.75 Å². The Morgan fingerprint density at radius 3 is 2.48 bits per heavy atom. The summed E-state index contributed by atoms with van der Waals surface area (Å²) in [5.74, 6) is 0.906. The summed E-state index contributed by atoms with van der Waals surface area (Å²) in [6, 6.07) is 18.2. The maximum Gasteiger partial charge on any atom is 0.142 e. The largest absolute Gasteiger partial charge is 0.495 e. The molecule has 4 rings (SSSR count). The summed E-state index contributed by atoms with van der Waals surface area (Å²) < 4.78 is 5.71. The van der Waals surface area contributed by atoms with Crippen molar-refractivity contribution in [3.05, 3.63) is 65.7 Å². The van der Waals surface area contributed by atoms with Gasteiger partial charge in [0, 0.05) is 37.1 Å². The summed E-state index contributed by atoms with van der Waals surface area (Å²) in [5, 5.41) is 6.01. The third kappa shape index (κ3) is 3.80. The van der Waals surface area contributed by atoms with Crippen LogP contribution in [-0.2, 0) is 0 Å². The van der Waals surface area contributed by atoms with Gasteiger partial charge in [-0.2, -0.15) is 0 Å². The fourth-order valence-corrected chi connectivity index (χ4v) is 4.98. The second-order valence-corrected chi connectivity index (χ2v) is 8.31. The predicted octanol–water partition coefficient (Wildman–Crippen LogP) is 4.61. The minimum atomic E-state index is 0.233. The molecule has 2 heterocycles. The normalized spacial score (nSPS) is 25.1. The van der Waals surface area contributed by atoms with E-state index in [2.05, 4.69) is 89.1 Å². The molecule has 1 saturated heterocycles. The molecule has 1 N–H and O–H groups in total. The van der Waals surface area contributed by atoms with Crippen LogP contribution in [0, 0.1) is 0 Å². The summed E-state index contributed by atoms with van der Waals surface area (Å²) in [6.07, 6.45) is 2.16. The molecule has 3 atom stereocenters. The van der Waals surface area contributed by atoms with Gasteiger partial charge in [-0.25, -0.2) is 0 Å². The molecular formula is C22H27N3OS. The average Bonchev–Trinajstić information content (AvgIpc) is 3.17. The molecule has 0 aliphatic carbocycles. The summed E-state index contributed by atoms with van der Waals surface area (Å²) in [7, 11) is 1.75. The molecule has 5 heteroatoms. The second kappa shape index (κ2) is 7.87. The number of benzene rings is 2. The quantitative estimate of drug-likeness (QED) is 0.835. The highest BCUT2D eigenvalue weighted by atomic mass is 32.2. The molecule has 2 aromatic rings. The fourth-order valence-electron chi connectivity index (χ4n) is 4.00. The van der Waals surface area contributed by atoms with Crippen LogP contribution in [0.2, 0.25) is 0 Å². The predicted molar refractivity (Wildman–Crippen MR) is 116 cm³/mol. The van der Waals surface area contributed by atoms with Gasteiger partial charge in [-0.15, -0.1) is 11.8 Å². The van der Waals surface area contributed by atoms with Crippen molar-refractivity contribution in [1.29, 1.82) is 0 Å². The van der Waals surface area contributed by atoms with Gasteiger partial charge in [0.25, 0.3) is 0 Å². The van der Waals surface area contributed by atoms with Gasteiger partial charge in [0.15, 0.2) is 0 Å². The van der Waals surface area contributed by atoms with Crippen LogP contribution >= 0.6 is 11.8 Å². The molecule has 0 amide bonds.